The smallest absolute Gasteiger partial charge is 0.100 e. The maximum Gasteiger partial charge on any atom is 0.100 e. The summed E-state index contributed by atoms with van der Waals surface area (Å²) in [5.41, 5.74) is 0. The lowest BCUT2D eigenvalue weighted by Crippen LogP contribution is -2.22. The zero-order chi connectivity index (χ0) is 15.5. The number of hydrogen-bond donors (Lipinski definition) is 0. The van der Waals surface area contributed by atoms with Crippen molar-refractivity contribution in [2.45, 2.75) is 110 Å². The van der Waals surface area contributed by atoms with E-state index in [0.29, 0.717) is 5.92 Å². The Bertz CT molecular complexity index is 230. The van der Waals surface area contributed by atoms with Gasteiger partial charge in [-0.3, -0.25) is 0 Å². The molecule has 1 fully saturated rings. The Morgan fingerprint density at radius 2 is 1.57 bits per heavy atom. The molecule has 2 atom stereocenters. The number of halogens is 1. The van der Waals surface area contributed by atoms with E-state index in [9.17, 15) is 4.39 Å². The van der Waals surface area contributed by atoms with Crippen LogP contribution in [0.15, 0.2) is 0 Å². The van der Waals surface area contributed by atoms with Crippen molar-refractivity contribution in [3.05, 3.63) is 0 Å². The van der Waals surface area contributed by atoms with E-state index in [0.717, 1.165) is 31.1 Å². The van der Waals surface area contributed by atoms with Crippen LogP contribution in [-0.2, 0) is 0 Å². The first kappa shape index (κ1) is 19.0. The van der Waals surface area contributed by atoms with Crippen LogP contribution in [-0.4, -0.2) is 6.17 Å². The van der Waals surface area contributed by atoms with Crippen LogP contribution in [0.2, 0.25) is 0 Å². The van der Waals surface area contributed by atoms with Gasteiger partial charge in [0.25, 0.3) is 0 Å². The lowest BCUT2D eigenvalue weighted by Gasteiger charge is -2.33. The molecule has 0 aromatic rings. The Balaban J connectivity index is 2.10. The molecule has 1 saturated carbocycles. The molecule has 0 N–H and O–H groups in total. The van der Waals surface area contributed by atoms with Gasteiger partial charge in [-0.05, 0) is 43.4 Å². The Hall–Kier alpha value is -0.0700. The van der Waals surface area contributed by atoms with Crippen LogP contribution in [0, 0.1) is 17.8 Å². The molecule has 21 heavy (non-hydrogen) atoms. The summed E-state index contributed by atoms with van der Waals surface area (Å²) in [4.78, 5) is 0. The van der Waals surface area contributed by atoms with Gasteiger partial charge in [-0.15, -0.1) is 0 Å². The Morgan fingerprint density at radius 3 is 2.19 bits per heavy atom. The average Bonchev–Trinajstić information content (AvgIpc) is 2.48. The third-order valence-electron chi connectivity index (χ3n) is 5.64. The van der Waals surface area contributed by atoms with E-state index in [2.05, 4.69) is 20.8 Å². The molecule has 0 spiro atoms. The summed E-state index contributed by atoms with van der Waals surface area (Å²) in [7, 11) is 0. The highest BCUT2D eigenvalue weighted by molar-refractivity contribution is 4.77. The Kier molecular flexibility index (Phi) is 10.4. The van der Waals surface area contributed by atoms with Gasteiger partial charge in [0.1, 0.15) is 6.17 Å². The fourth-order valence-electron chi connectivity index (χ4n) is 4.11. The Labute approximate surface area is 133 Å². The maximum absolute atomic E-state index is 13.8. The molecule has 0 aliphatic heterocycles. The van der Waals surface area contributed by atoms with Gasteiger partial charge in [0, 0.05) is 0 Å². The van der Waals surface area contributed by atoms with E-state index < -0.39 is 6.17 Å². The van der Waals surface area contributed by atoms with Crippen LogP contribution >= 0.6 is 0 Å². The fourth-order valence-corrected chi connectivity index (χ4v) is 4.11. The van der Waals surface area contributed by atoms with Crippen molar-refractivity contribution in [3.63, 3.8) is 0 Å². The topological polar surface area (TPSA) is 0 Å². The highest BCUT2D eigenvalue weighted by atomic mass is 19.1. The molecule has 0 aromatic heterocycles. The van der Waals surface area contributed by atoms with E-state index in [4.69, 9.17) is 0 Å². The SMILES string of the molecule is CCCCCCCC1CCC(C(C)CC(F)CCC)CC1. The Morgan fingerprint density at radius 1 is 0.905 bits per heavy atom. The largest absolute Gasteiger partial charge is 0.247 e. The van der Waals surface area contributed by atoms with E-state index in [1.807, 2.05) is 0 Å². The number of hydrogen-bond acceptors (Lipinski definition) is 0. The van der Waals surface area contributed by atoms with Crippen LogP contribution < -0.4 is 0 Å². The summed E-state index contributed by atoms with van der Waals surface area (Å²) in [6, 6.07) is 0. The molecule has 1 heteroatoms. The van der Waals surface area contributed by atoms with Crippen molar-refractivity contribution in [3.8, 4) is 0 Å². The van der Waals surface area contributed by atoms with E-state index in [1.54, 1.807) is 0 Å². The zero-order valence-electron chi connectivity index (χ0n) is 14.9. The van der Waals surface area contributed by atoms with Gasteiger partial charge in [0.2, 0.25) is 0 Å². The predicted molar refractivity (Wildman–Crippen MR) is 92.4 cm³/mol. The van der Waals surface area contributed by atoms with E-state index >= 15 is 0 Å². The molecule has 1 aliphatic rings. The van der Waals surface area contributed by atoms with Crippen LogP contribution in [0.25, 0.3) is 0 Å². The van der Waals surface area contributed by atoms with Gasteiger partial charge < -0.3 is 0 Å². The quantitative estimate of drug-likeness (QED) is 0.350. The molecule has 0 bridgehead atoms. The molecule has 1 rings (SSSR count). The van der Waals surface area contributed by atoms with Crippen molar-refractivity contribution in [1.82, 2.24) is 0 Å². The second kappa shape index (κ2) is 11.5. The number of unbranched alkanes of at least 4 members (excludes halogenated alkanes) is 4. The van der Waals surface area contributed by atoms with Gasteiger partial charge in [0.05, 0.1) is 0 Å². The number of alkyl halides is 1. The second-order valence-corrected chi connectivity index (χ2v) is 7.58. The fraction of sp³-hybridized carbons (Fsp3) is 1.00. The molecule has 0 nitrogen and oxygen atoms in total. The zero-order valence-corrected chi connectivity index (χ0v) is 14.9. The third-order valence-corrected chi connectivity index (χ3v) is 5.64. The molecule has 0 amide bonds. The predicted octanol–water partition coefficient (Wildman–Crippen LogP) is 7.32. The van der Waals surface area contributed by atoms with E-state index in [1.165, 1.54) is 64.2 Å². The molecular formula is C20H39F. The summed E-state index contributed by atoms with van der Waals surface area (Å²) in [5.74, 6) is 2.38. The molecule has 126 valence electrons. The summed E-state index contributed by atoms with van der Waals surface area (Å²) in [5, 5.41) is 0. The van der Waals surface area contributed by atoms with Gasteiger partial charge in [-0.25, -0.2) is 4.39 Å². The second-order valence-electron chi connectivity index (χ2n) is 7.58. The van der Waals surface area contributed by atoms with Crippen molar-refractivity contribution < 1.29 is 4.39 Å². The minimum absolute atomic E-state index is 0.554. The summed E-state index contributed by atoms with van der Waals surface area (Å²) < 4.78 is 13.8. The first-order valence-electron chi connectivity index (χ1n) is 9.81. The lowest BCUT2D eigenvalue weighted by molar-refractivity contribution is 0.163. The molecule has 1 aliphatic carbocycles. The number of rotatable bonds is 11. The molecule has 0 saturated heterocycles. The molecule has 0 aromatic carbocycles. The minimum Gasteiger partial charge on any atom is -0.247 e. The standard InChI is InChI=1S/C20H39F/c1-4-6-7-8-9-11-18-12-14-19(15-13-18)17(3)16-20(21)10-5-2/h17-20H,4-16H2,1-3H3. The van der Waals surface area contributed by atoms with Crippen LogP contribution in [0.5, 0.6) is 0 Å². The highest BCUT2D eigenvalue weighted by Crippen LogP contribution is 2.37. The monoisotopic (exact) mass is 298 g/mol. The van der Waals surface area contributed by atoms with Crippen molar-refractivity contribution in [2.24, 2.45) is 17.8 Å². The minimum atomic E-state index is -0.554. The van der Waals surface area contributed by atoms with Crippen molar-refractivity contribution in [1.29, 1.82) is 0 Å². The van der Waals surface area contributed by atoms with Gasteiger partial charge in [0.15, 0.2) is 0 Å². The van der Waals surface area contributed by atoms with Gasteiger partial charge in [-0.1, -0.05) is 78.6 Å². The summed E-state index contributed by atoms with van der Waals surface area (Å²) >= 11 is 0. The summed E-state index contributed by atoms with van der Waals surface area (Å²) in [6.45, 7) is 6.66. The first-order valence-corrected chi connectivity index (χ1v) is 9.81. The van der Waals surface area contributed by atoms with Crippen molar-refractivity contribution >= 4 is 0 Å². The highest BCUT2D eigenvalue weighted by Gasteiger charge is 2.26. The van der Waals surface area contributed by atoms with Crippen molar-refractivity contribution in [2.75, 3.05) is 0 Å². The van der Waals surface area contributed by atoms with Crippen LogP contribution in [0.4, 0.5) is 4.39 Å². The third kappa shape index (κ3) is 8.21. The van der Waals surface area contributed by atoms with Crippen LogP contribution in [0.1, 0.15) is 104 Å². The van der Waals surface area contributed by atoms with E-state index in [-0.39, 0.29) is 0 Å². The lowest BCUT2D eigenvalue weighted by atomic mass is 9.73. The van der Waals surface area contributed by atoms with Gasteiger partial charge in [-0.2, -0.15) is 0 Å². The molecule has 0 radical (unpaired) electrons. The molecule has 0 heterocycles. The molecule has 2 unspecified atom stereocenters. The van der Waals surface area contributed by atoms with Gasteiger partial charge >= 0.3 is 0 Å². The normalized spacial score (nSPS) is 25.7. The maximum atomic E-state index is 13.8. The molecular weight excluding hydrogens is 259 g/mol. The first-order chi connectivity index (χ1) is 10.2. The van der Waals surface area contributed by atoms with Crippen LogP contribution in [0.3, 0.4) is 0 Å². The summed E-state index contributed by atoms with van der Waals surface area (Å²) in [6.07, 6.45) is 16.0. The average molecular weight is 299 g/mol.